The zero-order chi connectivity index (χ0) is 7.82. The molecule has 0 heterocycles. The van der Waals surface area contributed by atoms with Gasteiger partial charge in [-0.1, -0.05) is 6.08 Å². The van der Waals surface area contributed by atoms with E-state index < -0.39 is 0 Å². The zero-order valence-corrected chi connectivity index (χ0v) is 6.18. The van der Waals surface area contributed by atoms with Crippen molar-refractivity contribution in [1.29, 1.82) is 0 Å². The lowest BCUT2D eigenvalue weighted by molar-refractivity contribution is -0.118. The Hall–Kier alpha value is -0.630. The van der Waals surface area contributed by atoms with Crippen LogP contribution in [0.1, 0.15) is 25.7 Å². The summed E-state index contributed by atoms with van der Waals surface area (Å²) in [5.74, 6) is 0.212. The molecule has 2 heteroatoms. The topological polar surface area (TPSA) is 37.3 Å². The minimum atomic E-state index is 0.182. The Kier molecular flexibility index (Phi) is 6.08. The first kappa shape index (κ1) is 9.37. The third-order valence-electron chi connectivity index (χ3n) is 1.24. The largest absolute Gasteiger partial charge is 0.396 e. The normalized spacial score (nSPS) is 9.30. The summed E-state index contributed by atoms with van der Waals surface area (Å²) < 4.78 is 0. The van der Waals surface area contributed by atoms with Gasteiger partial charge in [-0.05, 0) is 12.8 Å². The highest BCUT2D eigenvalue weighted by atomic mass is 16.2. The molecule has 0 aromatic carbocycles. The highest BCUT2D eigenvalue weighted by Gasteiger charge is 1.96. The van der Waals surface area contributed by atoms with Gasteiger partial charge in [0, 0.05) is 19.4 Å². The Morgan fingerprint density at radius 3 is 2.70 bits per heavy atom. The molecule has 0 rings (SSSR count). The summed E-state index contributed by atoms with van der Waals surface area (Å²) in [5, 5.41) is 8.38. The molecule has 2 nitrogen and oxygen atoms in total. The van der Waals surface area contributed by atoms with Crippen molar-refractivity contribution in [3.63, 3.8) is 0 Å². The summed E-state index contributed by atoms with van der Waals surface area (Å²) in [6, 6.07) is 0. The number of hydrogen-bond donors (Lipinski definition) is 1. The number of ketones is 1. The molecule has 0 bridgehead atoms. The van der Waals surface area contributed by atoms with Gasteiger partial charge in [0.05, 0.1) is 0 Å². The minimum Gasteiger partial charge on any atom is -0.396 e. The number of hydrogen-bond acceptors (Lipinski definition) is 2. The van der Waals surface area contributed by atoms with Crippen molar-refractivity contribution < 1.29 is 9.90 Å². The van der Waals surface area contributed by atoms with Crippen molar-refractivity contribution in [2.45, 2.75) is 25.7 Å². The Labute approximate surface area is 61.6 Å². The van der Waals surface area contributed by atoms with Gasteiger partial charge in [-0.2, -0.15) is 0 Å². The first-order valence-corrected chi connectivity index (χ1v) is 3.54. The van der Waals surface area contributed by atoms with Crippen LogP contribution in [0.2, 0.25) is 0 Å². The van der Waals surface area contributed by atoms with Gasteiger partial charge in [-0.25, -0.2) is 0 Å². The average Bonchev–Trinajstić information content (AvgIpc) is 1.89. The van der Waals surface area contributed by atoms with Crippen molar-refractivity contribution >= 4 is 5.78 Å². The summed E-state index contributed by atoms with van der Waals surface area (Å²) in [5.41, 5.74) is 0. The van der Waals surface area contributed by atoms with Gasteiger partial charge in [0.1, 0.15) is 5.78 Å². The van der Waals surface area contributed by atoms with Crippen LogP contribution in [0.3, 0.4) is 0 Å². The molecule has 0 atom stereocenters. The summed E-state index contributed by atoms with van der Waals surface area (Å²) in [4.78, 5) is 10.8. The van der Waals surface area contributed by atoms with Crippen LogP contribution in [0.5, 0.6) is 0 Å². The monoisotopic (exact) mass is 142 g/mol. The van der Waals surface area contributed by atoms with Gasteiger partial charge in [-0.3, -0.25) is 4.79 Å². The van der Waals surface area contributed by atoms with E-state index in [-0.39, 0.29) is 12.4 Å². The fourth-order valence-corrected chi connectivity index (χ4v) is 0.697. The third-order valence-corrected chi connectivity index (χ3v) is 1.24. The van der Waals surface area contributed by atoms with Crippen LogP contribution in [-0.4, -0.2) is 17.5 Å². The average molecular weight is 142 g/mol. The molecule has 0 saturated heterocycles. The first-order chi connectivity index (χ1) is 4.81. The second kappa shape index (κ2) is 6.49. The van der Waals surface area contributed by atoms with E-state index >= 15 is 0 Å². The van der Waals surface area contributed by atoms with Crippen LogP contribution < -0.4 is 0 Å². The number of unbranched alkanes of at least 4 members (excludes halogenated alkanes) is 1. The molecule has 0 aromatic rings. The van der Waals surface area contributed by atoms with Crippen molar-refractivity contribution in [1.82, 2.24) is 0 Å². The Balaban J connectivity index is 3.13. The summed E-state index contributed by atoms with van der Waals surface area (Å²) in [6.45, 7) is 3.64. The maximum absolute atomic E-state index is 10.8. The van der Waals surface area contributed by atoms with E-state index in [4.69, 9.17) is 5.11 Å². The number of aliphatic hydroxyl groups is 1. The molecule has 0 aliphatic heterocycles. The maximum Gasteiger partial charge on any atom is 0.136 e. The summed E-state index contributed by atoms with van der Waals surface area (Å²) >= 11 is 0. The Morgan fingerprint density at radius 1 is 1.50 bits per heavy atom. The van der Waals surface area contributed by atoms with Crippen molar-refractivity contribution in [2.75, 3.05) is 6.61 Å². The molecule has 0 spiro atoms. The lowest BCUT2D eigenvalue weighted by Gasteiger charge is -1.94. The lowest BCUT2D eigenvalue weighted by Crippen LogP contribution is -1.95. The molecule has 0 unspecified atom stereocenters. The van der Waals surface area contributed by atoms with Crippen molar-refractivity contribution in [2.24, 2.45) is 0 Å². The molecule has 0 aliphatic carbocycles. The van der Waals surface area contributed by atoms with E-state index in [0.717, 1.165) is 12.8 Å². The molecular weight excluding hydrogens is 128 g/mol. The Morgan fingerprint density at radius 2 is 2.20 bits per heavy atom. The van der Waals surface area contributed by atoms with E-state index in [2.05, 4.69) is 6.58 Å². The van der Waals surface area contributed by atoms with E-state index in [1.165, 1.54) is 0 Å². The lowest BCUT2D eigenvalue weighted by atomic mass is 10.1. The Bertz CT molecular complexity index is 108. The molecule has 0 radical (unpaired) electrons. The zero-order valence-electron chi connectivity index (χ0n) is 6.18. The van der Waals surface area contributed by atoms with Crippen LogP contribution in [-0.2, 0) is 4.79 Å². The summed E-state index contributed by atoms with van der Waals surface area (Å²) in [7, 11) is 0. The molecular formula is C8H14O2. The van der Waals surface area contributed by atoms with Gasteiger partial charge in [0.15, 0.2) is 0 Å². The fraction of sp³-hybridized carbons (Fsp3) is 0.625. The van der Waals surface area contributed by atoms with Crippen molar-refractivity contribution in [3.8, 4) is 0 Å². The van der Waals surface area contributed by atoms with E-state index in [1.54, 1.807) is 6.08 Å². The van der Waals surface area contributed by atoms with Crippen LogP contribution in [0, 0.1) is 0 Å². The second-order valence-corrected chi connectivity index (χ2v) is 2.21. The maximum atomic E-state index is 10.8. The molecule has 0 amide bonds. The number of carbonyl (C=O) groups excluding carboxylic acids is 1. The predicted octanol–water partition coefficient (Wildman–Crippen LogP) is 1.29. The molecule has 0 aliphatic rings. The third kappa shape index (κ3) is 5.51. The minimum absolute atomic E-state index is 0.182. The molecule has 1 N–H and O–H groups in total. The number of carbonyl (C=O) groups is 1. The van der Waals surface area contributed by atoms with E-state index in [1.807, 2.05) is 0 Å². The fourth-order valence-electron chi connectivity index (χ4n) is 0.697. The van der Waals surface area contributed by atoms with Crippen LogP contribution in [0.15, 0.2) is 12.7 Å². The van der Waals surface area contributed by atoms with Crippen molar-refractivity contribution in [3.05, 3.63) is 12.7 Å². The van der Waals surface area contributed by atoms with Gasteiger partial charge in [-0.15, -0.1) is 6.58 Å². The molecule has 0 saturated carbocycles. The SMILES string of the molecule is C=CCC(=O)CCCCO. The molecule has 0 fully saturated rings. The van der Waals surface area contributed by atoms with Gasteiger partial charge < -0.3 is 5.11 Å². The second-order valence-electron chi connectivity index (χ2n) is 2.21. The van der Waals surface area contributed by atoms with Gasteiger partial charge in [0.2, 0.25) is 0 Å². The molecule has 0 aromatic heterocycles. The van der Waals surface area contributed by atoms with Gasteiger partial charge in [0.25, 0.3) is 0 Å². The standard InChI is InChI=1S/C8H14O2/c1-2-5-8(10)6-3-4-7-9/h2,9H,1,3-7H2. The number of rotatable bonds is 6. The van der Waals surface area contributed by atoms with Crippen LogP contribution in [0.25, 0.3) is 0 Å². The smallest absolute Gasteiger partial charge is 0.136 e. The number of aliphatic hydroxyl groups excluding tert-OH is 1. The van der Waals surface area contributed by atoms with Crippen LogP contribution >= 0.6 is 0 Å². The number of allylic oxidation sites excluding steroid dienone is 1. The highest BCUT2D eigenvalue weighted by molar-refractivity contribution is 5.79. The predicted molar refractivity (Wildman–Crippen MR) is 40.8 cm³/mol. The molecule has 10 heavy (non-hydrogen) atoms. The highest BCUT2D eigenvalue weighted by Crippen LogP contribution is 1.98. The quantitative estimate of drug-likeness (QED) is 0.448. The first-order valence-electron chi connectivity index (χ1n) is 3.54. The molecule has 58 valence electrons. The van der Waals surface area contributed by atoms with E-state index in [9.17, 15) is 4.79 Å². The summed E-state index contributed by atoms with van der Waals surface area (Å²) in [6.07, 6.45) is 4.17. The van der Waals surface area contributed by atoms with Crippen LogP contribution in [0.4, 0.5) is 0 Å². The number of Topliss-reactive ketones (excluding diaryl/α,β-unsaturated/α-hetero) is 1. The van der Waals surface area contributed by atoms with Gasteiger partial charge >= 0.3 is 0 Å². The van der Waals surface area contributed by atoms with E-state index in [0.29, 0.717) is 12.8 Å².